The first kappa shape index (κ1) is 15.4. The molecule has 1 atom stereocenters. The predicted molar refractivity (Wildman–Crippen MR) is 79.6 cm³/mol. The summed E-state index contributed by atoms with van der Waals surface area (Å²) in [7, 11) is 1.30. The number of allylic oxidation sites excluding steroid dienone is 4. The number of methoxy groups -OCH3 is 1. The molecule has 1 amide bonds. The van der Waals surface area contributed by atoms with Crippen molar-refractivity contribution in [3.63, 3.8) is 0 Å². The van der Waals surface area contributed by atoms with Gasteiger partial charge in [0.2, 0.25) is 0 Å². The molecule has 2 aliphatic heterocycles. The van der Waals surface area contributed by atoms with Crippen molar-refractivity contribution in [2.45, 2.75) is 19.9 Å². The lowest BCUT2D eigenvalue weighted by atomic mass is 9.80. The molecule has 0 aliphatic carbocycles. The lowest BCUT2D eigenvalue weighted by Crippen LogP contribution is -2.44. The molecule has 22 heavy (non-hydrogen) atoms. The summed E-state index contributed by atoms with van der Waals surface area (Å²) in [4.78, 5) is 13.4. The molecule has 1 unspecified atom stereocenters. The van der Waals surface area contributed by atoms with Crippen molar-refractivity contribution in [3.05, 3.63) is 47.0 Å². The standard InChI is InChI=1S/C16H16N4O2/c1-10-12(8-17)15(13(9-18)11(2)19-10)14-6-4-5-7-20(14)16(21)22-3/h4-7,14-15,19H,1-3H3. The molecule has 2 heterocycles. The second-order valence-electron chi connectivity index (χ2n) is 5.00. The molecule has 0 aromatic carbocycles. The number of nitrogens with zero attached hydrogens (tertiary/aromatic N) is 3. The van der Waals surface area contributed by atoms with Gasteiger partial charge in [-0.2, -0.15) is 10.5 Å². The molecule has 112 valence electrons. The van der Waals surface area contributed by atoms with Crippen LogP contribution in [0.4, 0.5) is 4.79 Å². The van der Waals surface area contributed by atoms with Gasteiger partial charge in [-0.05, 0) is 19.9 Å². The molecule has 1 N–H and O–H groups in total. The van der Waals surface area contributed by atoms with E-state index in [1.54, 1.807) is 38.3 Å². The van der Waals surface area contributed by atoms with Crippen molar-refractivity contribution in [1.29, 1.82) is 10.5 Å². The number of hydrogen-bond donors (Lipinski definition) is 1. The maximum absolute atomic E-state index is 12.0. The molecule has 0 bridgehead atoms. The van der Waals surface area contributed by atoms with Crippen LogP contribution in [0.15, 0.2) is 47.0 Å². The molecule has 2 aliphatic rings. The average Bonchev–Trinajstić information content (AvgIpc) is 2.53. The summed E-state index contributed by atoms with van der Waals surface area (Å²) in [6, 6.07) is 3.84. The van der Waals surface area contributed by atoms with Gasteiger partial charge in [-0.15, -0.1) is 0 Å². The smallest absolute Gasteiger partial charge is 0.414 e. The van der Waals surface area contributed by atoms with E-state index in [0.29, 0.717) is 22.5 Å². The first-order chi connectivity index (χ1) is 10.5. The molecule has 0 aromatic heterocycles. The molecule has 0 saturated heterocycles. The van der Waals surface area contributed by atoms with E-state index in [4.69, 9.17) is 4.74 Å². The number of amides is 1. The Labute approximate surface area is 129 Å². The Hall–Kier alpha value is -2.99. The minimum Gasteiger partial charge on any atom is -0.452 e. The van der Waals surface area contributed by atoms with Crippen molar-refractivity contribution in [1.82, 2.24) is 10.2 Å². The topological polar surface area (TPSA) is 89.2 Å². The van der Waals surface area contributed by atoms with Gasteiger partial charge in [0.25, 0.3) is 0 Å². The summed E-state index contributed by atoms with van der Waals surface area (Å²) < 4.78 is 4.79. The number of nitrogens with one attached hydrogen (secondary N) is 1. The van der Waals surface area contributed by atoms with Gasteiger partial charge in [-0.25, -0.2) is 4.79 Å². The van der Waals surface area contributed by atoms with Gasteiger partial charge in [0.15, 0.2) is 0 Å². The van der Waals surface area contributed by atoms with Crippen LogP contribution < -0.4 is 5.32 Å². The largest absolute Gasteiger partial charge is 0.452 e. The Kier molecular flexibility index (Phi) is 4.33. The van der Waals surface area contributed by atoms with Gasteiger partial charge in [0.1, 0.15) is 0 Å². The molecule has 0 fully saturated rings. The fraction of sp³-hybridized carbons (Fsp3) is 0.312. The first-order valence-electron chi connectivity index (χ1n) is 6.75. The average molecular weight is 296 g/mol. The molecule has 6 nitrogen and oxygen atoms in total. The number of nitriles is 2. The van der Waals surface area contributed by atoms with E-state index in [0.717, 1.165) is 0 Å². The molecule has 6 heteroatoms. The lowest BCUT2D eigenvalue weighted by molar-refractivity contribution is 0.127. The van der Waals surface area contributed by atoms with Crippen LogP contribution in [-0.2, 0) is 4.74 Å². The Morgan fingerprint density at radius 1 is 1.23 bits per heavy atom. The highest BCUT2D eigenvalue weighted by molar-refractivity contribution is 5.70. The van der Waals surface area contributed by atoms with Gasteiger partial charge in [-0.3, -0.25) is 4.90 Å². The SMILES string of the molecule is COC(=O)N1C=CC=CC1C1C(C#N)=C(C)NC(C)=C1C#N. The van der Waals surface area contributed by atoms with Gasteiger partial charge in [0, 0.05) is 17.6 Å². The zero-order valence-electron chi connectivity index (χ0n) is 12.6. The van der Waals surface area contributed by atoms with Gasteiger partial charge < -0.3 is 10.1 Å². The molecular weight excluding hydrogens is 280 g/mol. The van der Waals surface area contributed by atoms with Crippen LogP contribution in [0.2, 0.25) is 0 Å². The highest BCUT2D eigenvalue weighted by atomic mass is 16.5. The second-order valence-corrected chi connectivity index (χ2v) is 5.00. The lowest BCUT2D eigenvalue weighted by Gasteiger charge is -2.36. The third kappa shape index (κ3) is 2.47. The van der Waals surface area contributed by atoms with Crippen LogP contribution in [0.5, 0.6) is 0 Å². The van der Waals surface area contributed by atoms with Crippen LogP contribution in [-0.4, -0.2) is 24.1 Å². The Balaban J connectivity index is 2.55. The minimum absolute atomic E-state index is 0.445. The summed E-state index contributed by atoms with van der Waals surface area (Å²) >= 11 is 0. The van der Waals surface area contributed by atoms with Crippen molar-refractivity contribution in [3.8, 4) is 12.1 Å². The number of carbonyl (C=O) groups is 1. The zero-order chi connectivity index (χ0) is 16.3. The van der Waals surface area contributed by atoms with Crippen molar-refractivity contribution in [2.24, 2.45) is 5.92 Å². The van der Waals surface area contributed by atoms with Gasteiger partial charge in [-0.1, -0.05) is 12.2 Å². The monoisotopic (exact) mass is 296 g/mol. The van der Waals surface area contributed by atoms with E-state index in [2.05, 4.69) is 17.5 Å². The van der Waals surface area contributed by atoms with Crippen LogP contribution in [0.1, 0.15) is 13.8 Å². The fourth-order valence-corrected chi connectivity index (χ4v) is 2.75. The molecule has 0 radical (unpaired) electrons. The molecule has 0 spiro atoms. The fourth-order valence-electron chi connectivity index (χ4n) is 2.75. The van der Waals surface area contributed by atoms with E-state index in [-0.39, 0.29) is 0 Å². The van der Waals surface area contributed by atoms with E-state index >= 15 is 0 Å². The van der Waals surface area contributed by atoms with E-state index in [9.17, 15) is 15.3 Å². The highest BCUT2D eigenvalue weighted by Gasteiger charge is 2.38. The summed E-state index contributed by atoms with van der Waals surface area (Å²) in [5.41, 5.74) is 2.27. The van der Waals surface area contributed by atoms with Gasteiger partial charge in [0.05, 0.1) is 42.4 Å². The second kappa shape index (κ2) is 6.19. The van der Waals surface area contributed by atoms with Crippen molar-refractivity contribution in [2.75, 3.05) is 7.11 Å². The molecule has 2 rings (SSSR count). The number of ether oxygens (including phenoxy) is 1. The van der Waals surface area contributed by atoms with Crippen molar-refractivity contribution < 1.29 is 9.53 Å². The summed E-state index contributed by atoms with van der Waals surface area (Å²) in [6.45, 7) is 3.57. The Morgan fingerprint density at radius 2 is 1.82 bits per heavy atom. The molecule has 0 aromatic rings. The normalized spacial score (nSPS) is 21.3. The van der Waals surface area contributed by atoms with E-state index in [1.165, 1.54) is 12.0 Å². The third-order valence-electron chi connectivity index (χ3n) is 3.76. The van der Waals surface area contributed by atoms with E-state index < -0.39 is 18.1 Å². The van der Waals surface area contributed by atoms with Gasteiger partial charge >= 0.3 is 6.09 Å². The molecule has 0 saturated carbocycles. The van der Waals surface area contributed by atoms with Crippen molar-refractivity contribution >= 4 is 6.09 Å². The Morgan fingerprint density at radius 3 is 2.32 bits per heavy atom. The summed E-state index contributed by atoms with van der Waals surface area (Å²) in [5, 5.41) is 22.0. The number of hydrogen-bond acceptors (Lipinski definition) is 5. The molecular formula is C16H16N4O2. The van der Waals surface area contributed by atoms with Crippen LogP contribution >= 0.6 is 0 Å². The number of rotatable bonds is 1. The highest BCUT2D eigenvalue weighted by Crippen LogP contribution is 2.35. The maximum Gasteiger partial charge on any atom is 0.414 e. The minimum atomic E-state index is -0.533. The number of dihydropyridines is 1. The first-order valence-corrected chi connectivity index (χ1v) is 6.75. The summed E-state index contributed by atoms with van der Waals surface area (Å²) in [6.07, 6.45) is 6.35. The number of carbonyl (C=O) groups excluding carboxylic acids is 1. The van der Waals surface area contributed by atoms with E-state index in [1.807, 2.05) is 0 Å². The Bertz CT molecular complexity index is 665. The zero-order valence-corrected chi connectivity index (χ0v) is 12.6. The predicted octanol–water partition coefficient (Wildman–Crippen LogP) is 2.32. The summed E-state index contributed by atoms with van der Waals surface area (Å²) in [5.74, 6) is -0.517. The van der Waals surface area contributed by atoms with Crippen LogP contribution in [0.3, 0.4) is 0 Å². The third-order valence-corrected chi connectivity index (χ3v) is 3.76. The van der Waals surface area contributed by atoms with Crippen LogP contribution in [0.25, 0.3) is 0 Å². The maximum atomic E-state index is 12.0. The van der Waals surface area contributed by atoms with Crippen LogP contribution in [0, 0.1) is 28.6 Å². The quantitative estimate of drug-likeness (QED) is 0.802.